The number of nitrogens with zero attached hydrogens (tertiary/aromatic N) is 1. The van der Waals surface area contributed by atoms with Crippen molar-refractivity contribution in [1.82, 2.24) is 4.98 Å². The number of hydrogen-bond acceptors (Lipinski definition) is 1. The summed E-state index contributed by atoms with van der Waals surface area (Å²) in [6.45, 7) is 2.07. The second-order valence-electron chi connectivity index (χ2n) is 4.37. The molecule has 88 valence electrons. The summed E-state index contributed by atoms with van der Waals surface area (Å²) in [6.07, 6.45) is 0. The minimum Gasteiger partial charge on any atom is -0.248 e. The van der Waals surface area contributed by atoms with Gasteiger partial charge >= 0.3 is 0 Å². The molecule has 0 unspecified atom stereocenters. The van der Waals surface area contributed by atoms with Crippen LogP contribution in [-0.4, -0.2) is 4.98 Å². The van der Waals surface area contributed by atoms with Crippen LogP contribution < -0.4 is 0 Å². The predicted octanol–water partition coefficient (Wildman–Crippen LogP) is 4.86. The molecule has 0 radical (unpaired) electrons. The average Bonchev–Trinajstić information content (AvgIpc) is 2.38. The fraction of sp³-hybridized carbons (Fsp3) is 0.0625. The van der Waals surface area contributed by atoms with E-state index in [0.29, 0.717) is 0 Å². The molecular weight excluding hydrogens is 242 g/mol. The molecular formula is C16H12ClN. The van der Waals surface area contributed by atoms with Crippen LogP contribution in [0.2, 0.25) is 5.02 Å². The topological polar surface area (TPSA) is 12.9 Å². The molecule has 3 aromatic rings. The number of aromatic nitrogens is 1. The number of benzene rings is 2. The first kappa shape index (κ1) is 11.2. The molecule has 0 fully saturated rings. The molecule has 0 aliphatic heterocycles. The summed E-state index contributed by atoms with van der Waals surface area (Å²) in [5.41, 5.74) is 4.11. The zero-order valence-corrected chi connectivity index (χ0v) is 10.8. The van der Waals surface area contributed by atoms with Gasteiger partial charge in [0.1, 0.15) is 0 Å². The number of hydrogen-bond donors (Lipinski definition) is 0. The van der Waals surface area contributed by atoms with Crippen molar-refractivity contribution in [3.63, 3.8) is 0 Å². The highest BCUT2D eigenvalue weighted by Crippen LogP contribution is 2.27. The molecule has 1 nitrogen and oxygen atoms in total. The van der Waals surface area contributed by atoms with Crippen molar-refractivity contribution in [2.75, 3.05) is 0 Å². The molecule has 0 aliphatic carbocycles. The lowest BCUT2D eigenvalue weighted by Gasteiger charge is -2.05. The van der Waals surface area contributed by atoms with E-state index in [1.165, 1.54) is 5.56 Å². The van der Waals surface area contributed by atoms with Crippen molar-refractivity contribution in [1.29, 1.82) is 0 Å². The van der Waals surface area contributed by atoms with Gasteiger partial charge in [0, 0.05) is 16.0 Å². The highest BCUT2D eigenvalue weighted by molar-refractivity contribution is 6.33. The second-order valence-corrected chi connectivity index (χ2v) is 4.78. The van der Waals surface area contributed by atoms with Crippen LogP contribution in [0.4, 0.5) is 0 Å². The number of halogens is 1. The van der Waals surface area contributed by atoms with Crippen molar-refractivity contribution in [3.05, 3.63) is 65.2 Å². The van der Waals surface area contributed by atoms with Crippen LogP contribution in [-0.2, 0) is 0 Å². The first-order chi connectivity index (χ1) is 8.74. The lowest BCUT2D eigenvalue weighted by molar-refractivity contribution is 1.38. The van der Waals surface area contributed by atoms with Crippen molar-refractivity contribution in [2.45, 2.75) is 6.92 Å². The van der Waals surface area contributed by atoms with Crippen LogP contribution in [0, 0.1) is 6.92 Å². The van der Waals surface area contributed by atoms with Gasteiger partial charge in [0.25, 0.3) is 0 Å². The molecule has 0 atom stereocenters. The Labute approximate surface area is 111 Å². The monoisotopic (exact) mass is 253 g/mol. The molecule has 0 spiro atoms. The Morgan fingerprint density at radius 2 is 1.72 bits per heavy atom. The maximum atomic E-state index is 6.20. The van der Waals surface area contributed by atoms with E-state index in [1.807, 2.05) is 30.3 Å². The maximum Gasteiger partial charge on any atom is 0.0724 e. The van der Waals surface area contributed by atoms with Gasteiger partial charge in [0.15, 0.2) is 0 Å². The first-order valence-electron chi connectivity index (χ1n) is 5.86. The highest BCUT2D eigenvalue weighted by atomic mass is 35.5. The molecule has 0 saturated heterocycles. The lowest BCUT2D eigenvalue weighted by Crippen LogP contribution is -1.86. The molecule has 1 heterocycles. The number of fused-ring (bicyclic) bond motifs is 1. The molecule has 3 rings (SSSR count). The summed E-state index contributed by atoms with van der Waals surface area (Å²) in [7, 11) is 0. The maximum absolute atomic E-state index is 6.20. The van der Waals surface area contributed by atoms with Crippen LogP contribution in [0.5, 0.6) is 0 Å². The fourth-order valence-corrected chi connectivity index (χ4v) is 2.28. The van der Waals surface area contributed by atoms with Crippen molar-refractivity contribution in [2.24, 2.45) is 0 Å². The standard InChI is InChI=1S/C16H12ClN/c1-11-6-7-12-8-9-15(18-16(12)10-11)13-4-2-3-5-14(13)17/h2-10H,1H3. The molecule has 0 saturated carbocycles. The van der Waals surface area contributed by atoms with Gasteiger partial charge in [-0.05, 0) is 30.7 Å². The Balaban J connectivity index is 2.22. The normalized spacial score (nSPS) is 10.8. The SMILES string of the molecule is Cc1ccc2ccc(-c3ccccc3Cl)nc2c1. The van der Waals surface area contributed by atoms with Gasteiger partial charge in [-0.2, -0.15) is 0 Å². The van der Waals surface area contributed by atoms with E-state index >= 15 is 0 Å². The van der Waals surface area contributed by atoms with E-state index in [9.17, 15) is 0 Å². The molecule has 18 heavy (non-hydrogen) atoms. The summed E-state index contributed by atoms with van der Waals surface area (Å²) >= 11 is 6.20. The van der Waals surface area contributed by atoms with Gasteiger partial charge in [-0.1, -0.05) is 48.0 Å². The van der Waals surface area contributed by atoms with E-state index < -0.39 is 0 Å². The van der Waals surface area contributed by atoms with Crippen molar-refractivity contribution < 1.29 is 0 Å². The van der Waals surface area contributed by atoms with E-state index in [2.05, 4.69) is 36.2 Å². The molecule has 0 N–H and O–H groups in total. The largest absolute Gasteiger partial charge is 0.248 e. The van der Waals surface area contributed by atoms with Crippen LogP contribution in [0.1, 0.15) is 5.56 Å². The Hall–Kier alpha value is -1.86. The van der Waals surface area contributed by atoms with Gasteiger partial charge in [-0.3, -0.25) is 0 Å². The number of aryl methyl sites for hydroxylation is 1. The zero-order chi connectivity index (χ0) is 12.5. The third kappa shape index (κ3) is 1.98. The third-order valence-electron chi connectivity index (χ3n) is 3.00. The fourth-order valence-electron chi connectivity index (χ4n) is 2.05. The summed E-state index contributed by atoms with van der Waals surface area (Å²) in [6, 6.07) is 18.2. The average molecular weight is 254 g/mol. The molecule has 1 aromatic heterocycles. The minimum absolute atomic E-state index is 0.733. The highest BCUT2D eigenvalue weighted by Gasteiger charge is 2.05. The van der Waals surface area contributed by atoms with Crippen LogP contribution in [0.25, 0.3) is 22.2 Å². The zero-order valence-electron chi connectivity index (χ0n) is 10.0. The van der Waals surface area contributed by atoms with E-state index in [-0.39, 0.29) is 0 Å². The van der Waals surface area contributed by atoms with Crippen molar-refractivity contribution >= 4 is 22.5 Å². The minimum atomic E-state index is 0.733. The summed E-state index contributed by atoms with van der Waals surface area (Å²) in [5, 5.41) is 1.88. The molecule has 0 bridgehead atoms. The third-order valence-corrected chi connectivity index (χ3v) is 3.33. The number of rotatable bonds is 1. The quantitative estimate of drug-likeness (QED) is 0.603. The Bertz CT molecular complexity index is 719. The van der Waals surface area contributed by atoms with Gasteiger partial charge in [-0.15, -0.1) is 0 Å². The van der Waals surface area contributed by atoms with Gasteiger partial charge in [0.2, 0.25) is 0 Å². The summed E-state index contributed by atoms with van der Waals surface area (Å²) in [4.78, 5) is 4.68. The van der Waals surface area contributed by atoms with E-state index in [0.717, 1.165) is 27.2 Å². The molecule has 2 heteroatoms. The predicted molar refractivity (Wildman–Crippen MR) is 76.9 cm³/mol. The van der Waals surface area contributed by atoms with Gasteiger partial charge < -0.3 is 0 Å². The lowest BCUT2D eigenvalue weighted by atomic mass is 10.1. The molecule has 0 aliphatic rings. The van der Waals surface area contributed by atoms with E-state index in [1.54, 1.807) is 0 Å². The summed E-state index contributed by atoms with van der Waals surface area (Å²) < 4.78 is 0. The van der Waals surface area contributed by atoms with Gasteiger partial charge in [-0.25, -0.2) is 4.98 Å². The summed E-state index contributed by atoms with van der Waals surface area (Å²) in [5.74, 6) is 0. The van der Waals surface area contributed by atoms with Gasteiger partial charge in [0.05, 0.1) is 11.2 Å². The van der Waals surface area contributed by atoms with Crippen molar-refractivity contribution in [3.8, 4) is 11.3 Å². The smallest absolute Gasteiger partial charge is 0.0724 e. The second kappa shape index (κ2) is 4.43. The molecule has 0 amide bonds. The molecule has 2 aromatic carbocycles. The first-order valence-corrected chi connectivity index (χ1v) is 6.24. The Morgan fingerprint density at radius 1 is 0.944 bits per heavy atom. The Morgan fingerprint density at radius 3 is 2.56 bits per heavy atom. The van der Waals surface area contributed by atoms with Crippen LogP contribution in [0.3, 0.4) is 0 Å². The number of pyridine rings is 1. The van der Waals surface area contributed by atoms with Crippen LogP contribution >= 0.6 is 11.6 Å². The van der Waals surface area contributed by atoms with E-state index in [4.69, 9.17) is 11.6 Å². The van der Waals surface area contributed by atoms with Crippen LogP contribution in [0.15, 0.2) is 54.6 Å². The Kier molecular flexibility index (Phi) is 2.77.